The number of benzene rings is 1. The third-order valence-electron chi connectivity index (χ3n) is 2.50. The fourth-order valence-corrected chi connectivity index (χ4v) is 2.52. The number of primary amides is 1. The summed E-state index contributed by atoms with van der Waals surface area (Å²) in [5.74, 6) is -0.496. The zero-order valence-electron chi connectivity index (χ0n) is 8.49. The number of hydrogen-bond donors (Lipinski definition) is 1. The molecule has 0 aliphatic heterocycles. The first-order valence-corrected chi connectivity index (χ1v) is 5.33. The summed E-state index contributed by atoms with van der Waals surface area (Å²) in [6, 6.07) is 7.29. The van der Waals surface area contributed by atoms with Crippen molar-refractivity contribution in [2.75, 3.05) is 0 Å². The molecule has 0 bridgehead atoms. The van der Waals surface area contributed by atoms with Crippen LogP contribution in [0.5, 0.6) is 0 Å². The lowest BCUT2D eigenvalue weighted by molar-refractivity contribution is 0.0992. The largest absolute Gasteiger partial charge is 0.364 e. The highest BCUT2D eigenvalue weighted by Crippen LogP contribution is 2.30. The summed E-state index contributed by atoms with van der Waals surface area (Å²) in [6.45, 7) is 0. The predicted molar refractivity (Wildman–Crippen MR) is 63.9 cm³/mol. The van der Waals surface area contributed by atoms with E-state index in [4.69, 9.17) is 11.0 Å². The maximum absolute atomic E-state index is 11.3. The van der Waals surface area contributed by atoms with E-state index in [1.165, 1.54) is 0 Å². The van der Waals surface area contributed by atoms with Crippen LogP contribution < -0.4 is 5.73 Å². The number of carbonyl (C=O) groups excluding carboxylic acids is 1. The SMILES string of the molecule is Cn1c(C(N)=O)c(Br)c2cc(C#N)ccc21. The molecule has 1 amide bonds. The third-order valence-corrected chi connectivity index (χ3v) is 3.30. The first kappa shape index (κ1) is 10.7. The Labute approximate surface area is 100 Å². The molecule has 0 aliphatic carbocycles. The summed E-state index contributed by atoms with van der Waals surface area (Å²) < 4.78 is 2.35. The van der Waals surface area contributed by atoms with Crippen LogP contribution >= 0.6 is 15.9 Å². The van der Waals surface area contributed by atoms with Crippen LogP contribution in [-0.4, -0.2) is 10.5 Å². The lowest BCUT2D eigenvalue weighted by Gasteiger charge is -1.99. The van der Waals surface area contributed by atoms with Crippen LogP contribution in [0.25, 0.3) is 10.9 Å². The highest BCUT2D eigenvalue weighted by Gasteiger charge is 2.17. The van der Waals surface area contributed by atoms with Crippen molar-refractivity contribution in [3.63, 3.8) is 0 Å². The Morgan fingerprint density at radius 1 is 1.56 bits per heavy atom. The Balaban J connectivity index is 2.89. The zero-order chi connectivity index (χ0) is 11.9. The molecule has 0 saturated carbocycles. The van der Waals surface area contributed by atoms with E-state index in [2.05, 4.69) is 22.0 Å². The summed E-state index contributed by atoms with van der Waals surface area (Å²) >= 11 is 3.34. The van der Waals surface area contributed by atoms with Gasteiger partial charge in [0.1, 0.15) is 5.69 Å². The molecule has 0 spiro atoms. The molecule has 0 radical (unpaired) electrons. The van der Waals surface area contributed by atoms with Gasteiger partial charge in [0.25, 0.3) is 5.91 Å². The van der Waals surface area contributed by atoms with Crippen molar-refractivity contribution in [3.8, 4) is 6.07 Å². The minimum Gasteiger partial charge on any atom is -0.364 e. The molecule has 80 valence electrons. The summed E-state index contributed by atoms with van der Waals surface area (Å²) in [6.07, 6.45) is 0. The molecule has 0 saturated heterocycles. The summed E-state index contributed by atoms with van der Waals surface area (Å²) in [5.41, 5.74) is 7.11. The molecule has 4 nitrogen and oxygen atoms in total. The first-order chi connectivity index (χ1) is 7.56. The van der Waals surface area contributed by atoms with Crippen LogP contribution in [0, 0.1) is 11.3 Å². The van der Waals surface area contributed by atoms with Gasteiger partial charge in [0, 0.05) is 18.0 Å². The van der Waals surface area contributed by atoms with Crippen LogP contribution in [0.1, 0.15) is 16.1 Å². The highest BCUT2D eigenvalue weighted by atomic mass is 79.9. The molecule has 2 N–H and O–H groups in total. The number of nitrogens with zero attached hydrogens (tertiary/aromatic N) is 2. The van der Waals surface area contributed by atoms with E-state index in [1.54, 1.807) is 29.8 Å². The van der Waals surface area contributed by atoms with Gasteiger partial charge in [-0.2, -0.15) is 5.26 Å². The smallest absolute Gasteiger partial charge is 0.266 e. The van der Waals surface area contributed by atoms with Gasteiger partial charge in [0.2, 0.25) is 0 Å². The molecule has 1 heterocycles. The van der Waals surface area contributed by atoms with Crippen LogP contribution in [0.2, 0.25) is 0 Å². The van der Waals surface area contributed by atoms with Crippen molar-refractivity contribution in [2.45, 2.75) is 0 Å². The van der Waals surface area contributed by atoms with Crippen LogP contribution in [-0.2, 0) is 7.05 Å². The molecule has 1 aromatic carbocycles. The summed E-state index contributed by atoms with van der Waals surface area (Å²) in [7, 11) is 1.76. The van der Waals surface area contributed by atoms with Crippen molar-refractivity contribution >= 4 is 32.7 Å². The Hall–Kier alpha value is -1.80. The number of rotatable bonds is 1. The number of aromatic nitrogens is 1. The molecule has 2 rings (SSSR count). The number of aryl methyl sites for hydroxylation is 1. The molecule has 2 aromatic rings. The second kappa shape index (κ2) is 3.65. The van der Waals surface area contributed by atoms with E-state index in [0.717, 1.165) is 10.9 Å². The van der Waals surface area contributed by atoms with Crippen molar-refractivity contribution in [2.24, 2.45) is 12.8 Å². The lowest BCUT2D eigenvalue weighted by Crippen LogP contribution is -2.15. The number of nitrogens with two attached hydrogens (primary N) is 1. The first-order valence-electron chi connectivity index (χ1n) is 4.54. The average Bonchev–Trinajstić information content (AvgIpc) is 2.51. The monoisotopic (exact) mass is 277 g/mol. The molecule has 0 atom stereocenters. The minimum absolute atomic E-state index is 0.407. The predicted octanol–water partition coefficient (Wildman–Crippen LogP) is 1.91. The molecule has 1 aromatic heterocycles. The molecular formula is C11H8BrN3O. The fraction of sp³-hybridized carbons (Fsp3) is 0.0909. The minimum atomic E-state index is -0.496. The van der Waals surface area contributed by atoms with Gasteiger partial charge in [-0.15, -0.1) is 0 Å². The summed E-state index contributed by atoms with van der Waals surface area (Å²) in [5, 5.41) is 9.62. The maximum atomic E-state index is 11.3. The van der Waals surface area contributed by atoms with E-state index in [-0.39, 0.29) is 0 Å². The van der Waals surface area contributed by atoms with E-state index < -0.39 is 5.91 Å². The maximum Gasteiger partial charge on any atom is 0.266 e. The average molecular weight is 278 g/mol. The van der Waals surface area contributed by atoms with E-state index in [0.29, 0.717) is 15.7 Å². The zero-order valence-corrected chi connectivity index (χ0v) is 10.1. The van der Waals surface area contributed by atoms with Crippen molar-refractivity contribution in [3.05, 3.63) is 33.9 Å². The van der Waals surface area contributed by atoms with Gasteiger partial charge in [-0.1, -0.05) is 0 Å². The highest BCUT2D eigenvalue weighted by molar-refractivity contribution is 9.10. The standard InChI is InChI=1S/C11H8BrN3O/c1-15-8-3-2-6(5-13)4-7(8)9(12)10(15)11(14)16/h2-4H,1H3,(H2,14,16). The third kappa shape index (κ3) is 1.39. The van der Waals surface area contributed by atoms with Crippen LogP contribution in [0.15, 0.2) is 22.7 Å². The topological polar surface area (TPSA) is 71.8 Å². The van der Waals surface area contributed by atoms with Crippen LogP contribution in [0.3, 0.4) is 0 Å². The lowest BCUT2D eigenvalue weighted by atomic mass is 10.2. The molecular weight excluding hydrogens is 270 g/mol. The second-order valence-corrected chi connectivity index (χ2v) is 4.22. The fourth-order valence-electron chi connectivity index (χ4n) is 1.74. The van der Waals surface area contributed by atoms with Crippen LogP contribution in [0.4, 0.5) is 0 Å². The Morgan fingerprint density at radius 3 is 2.81 bits per heavy atom. The molecule has 5 heteroatoms. The van der Waals surface area contributed by atoms with Gasteiger partial charge in [-0.3, -0.25) is 4.79 Å². The number of carbonyl (C=O) groups is 1. The van der Waals surface area contributed by atoms with E-state index in [9.17, 15) is 4.79 Å². The van der Waals surface area contributed by atoms with Crippen molar-refractivity contribution in [1.29, 1.82) is 5.26 Å². The van der Waals surface area contributed by atoms with Gasteiger partial charge in [-0.05, 0) is 34.1 Å². The molecule has 0 aliphatic rings. The number of amides is 1. The normalized spacial score (nSPS) is 10.3. The van der Waals surface area contributed by atoms with E-state index in [1.807, 2.05) is 0 Å². The number of hydrogen-bond acceptors (Lipinski definition) is 2. The Morgan fingerprint density at radius 2 is 2.25 bits per heavy atom. The van der Waals surface area contributed by atoms with Gasteiger partial charge in [-0.25, -0.2) is 0 Å². The van der Waals surface area contributed by atoms with Crippen molar-refractivity contribution in [1.82, 2.24) is 4.57 Å². The summed E-state index contributed by atoms with van der Waals surface area (Å²) in [4.78, 5) is 11.3. The van der Waals surface area contributed by atoms with Gasteiger partial charge in [0.15, 0.2) is 0 Å². The van der Waals surface area contributed by atoms with E-state index >= 15 is 0 Å². The molecule has 16 heavy (non-hydrogen) atoms. The number of fused-ring (bicyclic) bond motifs is 1. The van der Waals surface area contributed by atoms with Gasteiger partial charge >= 0.3 is 0 Å². The Kier molecular flexibility index (Phi) is 2.44. The Bertz CT molecular complexity index is 637. The van der Waals surface area contributed by atoms with Gasteiger partial charge < -0.3 is 10.3 Å². The second-order valence-electron chi connectivity index (χ2n) is 3.43. The number of nitriles is 1. The van der Waals surface area contributed by atoms with Gasteiger partial charge in [0.05, 0.1) is 16.1 Å². The van der Waals surface area contributed by atoms with Crippen molar-refractivity contribution < 1.29 is 4.79 Å². The molecule has 0 fully saturated rings. The number of halogens is 1. The quantitative estimate of drug-likeness (QED) is 0.865. The molecule has 0 unspecified atom stereocenters.